The third-order valence-corrected chi connectivity index (χ3v) is 3.17. The van der Waals surface area contributed by atoms with Crippen LogP contribution < -0.4 is 14.8 Å². The SMILES string of the molecule is CCOc1cc(CNC)cc(Br)c1OC(C)C(=O)OC. The van der Waals surface area contributed by atoms with Crippen molar-refractivity contribution in [2.45, 2.75) is 26.5 Å². The number of halogens is 1. The van der Waals surface area contributed by atoms with Crippen LogP contribution in [-0.2, 0) is 16.1 Å². The van der Waals surface area contributed by atoms with Crippen LogP contribution in [0, 0.1) is 0 Å². The molecule has 6 heteroatoms. The van der Waals surface area contributed by atoms with Crippen molar-refractivity contribution >= 4 is 21.9 Å². The predicted octanol–water partition coefficient (Wildman–Crippen LogP) is 2.51. The molecule has 0 aliphatic rings. The minimum atomic E-state index is -0.703. The van der Waals surface area contributed by atoms with Crippen molar-refractivity contribution in [3.63, 3.8) is 0 Å². The Morgan fingerprint density at radius 3 is 2.70 bits per heavy atom. The van der Waals surface area contributed by atoms with Gasteiger partial charge in [-0.3, -0.25) is 0 Å². The zero-order valence-corrected chi connectivity index (χ0v) is 13.7. The number of methoxy groups -OCH3 is 1. The van der Waals surface area contributed by atoms with Crippen LogP contribution in [0.25, 0.3) is 0 Å². The molecule has 0 aliphatic heterocycles. The topological polar surface area (TPSA) is 56.8 Å². The third kappa shape index (κ3) is 4.38. The molecule has 112 valence electrons. The van der Waals surface area contributed by atoms with E-state index in [2.05, 4.69) is 26.0 Å². The highest BCUT2D eigenvalue weighted by atomic mass is 79.9. The van der Waals surface area contributed by atoms with Crippen molar-refractivity contribution in [2.24, 2.45) is 0 Å². The van der Waals surface area contributed by atoms with E-state index >= 15 is 0 Å². The second-order valence-electron chi connectivity index (χ2n) is 4.15. The summed E-state index contributed by atoms with van der Waals surface area (Å²) in [7, 11) is 3.20. The van der Waals surface area contributed by atoms with Crippen LogP contribution in [0.1, 0.15) is 19.4 Å². The highest BCUT2D eigenvalue weighted by molar-refractivity contribution is 9.10. The van der Waals surface area contributed by atoms with Crippen LogP contribution in [0.5, 0.6) is 11.5 Å². The van der Waals surface area contributed by atoms with Gasteiger partial charge in [-0.05, 0) is 54.5 Å². The van der Waals surface area contributed by atoms with Gasteiger partial charge in [0.25, 0.3) is 0 Å². The Morgan fingerprint density at radius 1 is 1.45 bits per heavy atom. The van der Waals surface area contributed by atoms with Crippen LogP contribution in [0.2, 0.25) is 0 Å². The summed E-state index contributed by atoms with van der Waals surface area (Å²) in [6.07, 6.45) is -0.703. The fourth-order valence-electron chi connectivity index (χ4n) is 1.70. The first-order valence-corrected chi connectivity index (χ1v) is 7.17. The molecule has 0 aliphatic carbocycles. The molecular weight excluding hydrogens is 326 g/mol. The second kappa shape index (κ2) is 8.11. The Balaban J connectivity index is 3.06. The maximum Gasteiger partial charge on any atom is 0.346 e. The largest absolute Gasteiger partial charge is 0.490 e. The van der Waals surface area contributed by atoms with E-state index in [-0.39, 0.29) is 0 Å². The summed E-state index contributed by atoms with van der Waals surface area (Å²) in [5.41, 5.74) is 1.06. The van der Waals surface area contributed by atoms with Crippen molar-refractivity contribution in [3.05, 3.63) is 22.2 Å². The summed E-state index contributed by atoms with van der Waals surface area (Å²) in [6.45, 7) is 4.76. The van der Waals surface area contributed by atoms with Gasteiger partial charge in [-0.2, -0.15) is 0 Å². The van der Waals surface area contributed by atoms with Gasteiger partial charge in [-0.15, -0.1) is 0 Å². The molecule has 0 heterocycles. The van der Waals surface area contributed by atoms with Gasteiger partial charge in [0.15, 0.2) is 17.6 Å². The Bertz CT molecular complexity index is 465. The van der Waals surface area contributed by atoms with Crippen LogP contribution in [0.3, 0.4) is 0 Å². The molecule has 5 nitrogen and oxygen atoms in total. The number of benzene rings is 1. The number of rotatable bonds is 7. The maximum atomic E-state index is 11.5. The van der Waals surface area contributed by atoms with E-state index in [0.29, 0.717) is 24.7 Å². The van der Waals surface area contributed by atoms with Crippen molar-refractivity contribution in [1.82, 2.24) is 5.32 Å². The lowest BCUT2D eigenvalue weighted by Crippen LogP contribution is -2.25. The van der Waals surface area contributed by atoms with Gasteiger partial charge >= 0.3 is 5.97 Å². The van der Waals surface area contributed by atoms with Gasteiger partial charge in [0.1, 0.15) is 0 Å². The predicted molar refractivity (Wildman–Crippen MR) is 80.2 cm³/mol. The lowest BCUT2D eigenvalue weighted by molar-refractivity contribution is -0.147. The summed E-state index contributed by atoms with van der Waals surface area (Å²) in [5.74, 6) is 0.672. The van der Waals surface area contributed by atoms with Crippen LogP contribution in [0.4, 0.5) is 0 Å². The van der Waals surface area contributed by atoms with Crippen LogP contribution in [-0.4, -0.2) is 32.8 Å². The lowest BCUT2D eigenvalue weighted by atomic mass is 10.2. The monoisotopic (exact) mass is 345 g/mol. The third-order valence-electron chi connectivity index (χ3n) is 2.58. The Hall–Kier alpha value is -1.27. The van der Waals surface area contributed by atoms with Crippen LogP contribution >= 0.6 is 15.9 Å². The molecule has 20 heavy (non-hydrogen) atoms. The normalized spacial score (nSPS) is 11.8. The van der Waals surface area contributed by atoms with E-state index in [0.717, 1.165) is 10.0 Å². The highest BCUT2D eigenvalue weighted by Gasteiger charge is 2.20. The minimum absolute atomic E-state index is 0.432. The number of ether oxygens (including phenoxy) is 3. The lowest BCUT2D eigenvalue weighted by Gasteiger charge is -2.18. The molecule has 1 aromatic carbocycles. The summed E-state index contributed by atoms with van der Waals surface area (Å²) in [5, 5.41) is 3.08. The van der Waals surface area contributed by atoms with Gasteiger partial charge in [0.2, 0.25) is 0 Å². The second-order valence-corrected chi connectivity index (χ2v) is 5.01. The van der Waals surface area contributed by atoms with Gasteiger partial charge in [0, 0.05) is 6.54 Å². The Kier molecular flexibility index (Phi) is 6.81. The number of hydrogen-bond acceptors (Lipinski definition) is 5. The Morgan fingerprint density at radius 2 is 2.15 bits per heavy atom. The van der Waals surface area contributed by atoms with E-state index in [1.54, 1.807) is 6.92 Å². The van der Waals surface area contributed by atoms with E-state index < -0.39 is 12.1 Å². The maximum absolute atomic E-state index is 11.5. The zero-order valence-electron chi connectivity index (χ0n) is 12.2. The van der Waals surface area contributed by atoms with Gasteiger partial charge in [0.05, 0.1) is 18.2 Å². The van der Waals surface area contributed by atoms with Gasteiger partial charge in [-0.1, -0.05) is 0 Å². The number of hydrogen-bond donors (Lipinski definition) is 1. The number of carbonyl (C=O) groups is 1. The summed E-state index contributed by atoms with van der Waals surface area (Å²) < 4.78 is 16.6. The molecule has 0 spiro atoms. The molecule has 1 N–H and O–H groups in total. The summed E-state index contributed by atoms with van der Waals surface area (Å²) in [6, 6.07) is 3.82. The van der Waals surface area contributed by atoms with E-state index in [4.69, 9.17) is 9.47 Å². The first kappa shape index (κ1) is 16.8. The summed E-state index contributed by atoms with van der Waals surface area (Å²) in [4.78, 5) is 11.5. The van der Waals surface area contributed by atoms with Crippen molar-refractivity contribution < 1.29 is 19.0 Å². The Labute approximate surface area is 127 Å². The first-order valence-electron chi connectivity index (χ1n) is 6.37. The average molecular weight is 346 g/mol. The molecule has 0 amide bonds. The van der Waals surface area contributed by atoms with Crippen molar-refractivity contribution in [3.8, 4) is 11.5 Å². The van der Waals surface area contributed by atoms with Gasteiger partial charge < -0.3 is 19.5 Å². The number of carbonyl (C=O) groups excluding carboxylic acids is 1. The number of esters is 1. The fraction of sp³-hybridized carbons (Fsp3) is 0.500. The molecule has 0 bridgehead atoms. The molecule has 0 fully saturated rings. The average Bonchev–Trinajstić information content (AvgIpc) is 2.42. The molecule has 1 rings (SSSR count). The first-order chi connectivity index (χ1) is 9.53. The van der Waals surface area contributed by atoms with E-state index in [9.17, 15) is 4.79 Å². The molecule has 1 unspecified atom stereocenters. The minimum Gasteiger partial charge on any atom is -0.490 e. The van der Waals surface area contributed by atoms with E-state index in [1.165, 1.54) is 7.11 Å². The standard InChI is InChI=1S/C14H20BrNO4/c1-5-19-12-7-10(8-16-3)6-11(15)13(12)20-9(2)14(17)18-4/h6-7,9,16H,5,8H2,1-4H3. The van der Waals surface area contributed by atoms with Gasteiger partial charge in [-0.25, -0.2) is 4.79 Å². The number of nitrogens with one attached hydrogen (secondary N) is 1. The highest BCUT2D eigenvalue weighted by Crippen LogP contribution is 2.37. The molecule has 0 radical (unpaired) electrons. The quantitative estimate of drug-likeness (QED) is 0.769. The molecule has 0 saturated carbocycles. The summed E-state index contributed by atoms with van der Waals surface area (Å²) >= 11 is 3.45. The zero-order chi connectivity index (χ0) is 15.1. The van der Waals surface area contributed by atoms with Crippen LogP contribution in [0.15, 0.2) is 16.6 Å². The van der Waals surface area contributed by atoms with Crippen molar-refractivity contribution in [1.29, 1.82) is 0 Å². The fourth-order valence-corrected chi connectivity index (χ4v) is 2.28. The molecule has 0 aromatic heterocycles. The van der Waals surface area contributed by atoms with Crippen molar-refractivity contribution in [2.75, 3.05) is 20.8 Å². The molecular formula is C14H20BrNO4. The smallest absolute Gasteiger partial charge is 0.346 e. The van der Waals surface area contributed by atoms with E-state index in [1.807, 2.05) is 26.1 Å². The molecule has 1 aromatic rings. The molecule has 0 saturated heterocycles. The molecule has 1 atom stereocenters.